The third kappa shape index (κ3) is 4.49. The van der Waals surface area contributed by atoms with Crippen LogP contribution in [0.2, 0.25) is 0 Å². The van der Waals surface area contributed by atoms with Crippen LogP contribution in [0.1, 0.15) is 22.6 Å². The number of aryl methyl sites for hydroxylation is 1. The van der Waals surface area contributed by atoms with Crippen LogP contribution >= 0.6 is 0 Å². The molecule has 2 N–H and O–H groups in total. The highest BCUT2D eigenvalue weighted by atomic mass is 16.5. The molecule has 0 spiro atoms. The van der Waals surface area contributed by atoms with E-state index in [1.807, 2.05) is 67.7 Å². The molecule has 4 nitrogen and oxygen atoms in total. The van der Waals surface area contributed by atoms with Crippen molar-refractivity contribution in [1.29, 1.82) is 0 Å². The van der Waals surface area contributed by atoms with Gasteiger partial charge in [-0.2, -0.15) is 0 Å². The van der Waals surface area contributed by atoms with Crippen molar-refractivity contribution in [2.24, 2.45) is 0 Å². The number of amides is 1. The van der Waals surface area contributed by atoms with E-state index in [0.717, 1.165) is 16.6 Å². The molecular formula is C25H24N2O2. The second kappa shape index (κ2) is 8.65. The molecule has 4 heteroatoms. The zero-order chi connectivity index (χ0) is 20.1. The molecule has 0 fully saturated rings. The molecule has 0 saturated heterocycles. The van der Waals surface area contributed by atoms with Crippen molar-refractivity contribution in [1.82, 2.24) is 10.3 Å². The number of nitrogens with one attached hydrogen (secondary N) is 2. The van der Waals surface area contributed by atoms with Gasteiger partial charge in [0.2, 0.25) is 0 Å². The molecule has 0 saturated carbocycles. The van der Waals surface area contributed by atoms with E-state index in [1.54, 1.807) is 0 Å². The molecule has 1 atom stereocenters. The molecule has 29 heavy (non-hydrogen) atoms. The Labute approximate surface area is 170 Å². The lowest BCUT2D eigenvalue weighted by Gasteiger charge is -2.18. The van der Waals surface area contributed by atoms with Gasteiger partial charge in [0, 0.05) is 29.6 Å². The molecule has 1 aromatic heterocycles. The van der Waals surface area contributed by atoms with Gasteiger partial charge in [0.05, 0.1) is 0 Å². The number of fused-ring (bicyclic) bond motifs is 1. The van der Waals surface area contributed by atoms with E-state index in [4.69, 9.17) is 4.74 Å². The summed E-state index contributed by atoms with van der Waals surface area (Å²) in [4.78, 5) is 15.8. The summed E-state index contributed by atoms with van der Waals surface area (Å²) in [5.41, 5.74) is 4.53. The summed E-state index contributed by atoms with van der Waals surface area (Å²) < 4.78 is 5.63. The lowest BCUT2D eigenvalue weighted by molar-refractivity contribution is -0.123. The standard InChI is InChI=1S/C25H24N2O2/c1-18-8-7-11-20(14-18)29-17-25(28)27-15-22(19-9-3-2-4-10-19)23-16-26-24-13-6-5-12-21(23)24/h2-14,16,22,26H,15,17H2,1H3,(H,27,28)/t22-/m0/s1. The fraction of sp³-hybridized carbons (Fsp3) is 0.160. The summed E-state index contributed by atoms with van der Waals surface area (Å²) in [6.07, 6.45) is 2.04. The van der Waals surface area contributed by atoms with Crippen LogP contribution in [0.5, 0.6) is 5.75 Å². The van der Waals surface area contributed by atoms with E-state index >= 15 is 0 Å². The highest BCUT2D eigenvalue weighted by Crippen LogP contribution is 2.30. The van der Waals surface area contributed by atoms with Crippen LogP contribution in [0.15, 0.2) is 85.1 Å². The van der Waals surface area contributed by atoms with Crippen molar-refractivity contribution in [3.05, 3.63) is 102 Å². The Morgan fingerprint density at radius 2 is 1.79 bits per heavy atom. The molecule has 4 aromatic rings. The SMILES string of the molecule is Cc1cccc(OCC(=O)NC[C@@H](c2ccccc2)c2c[nH]c3ccccc23)c1. The minimum atomic E-state index is -0.132. The number of para-hydroxylation sites is 1. The van der Waals surface area contributed by atoms with E-state index < -0.39 is 0 Å². The summed E-state index contributed by atoms with van der Waals surface area (Å²) in [6, 6.07) is 26.2. The molecule has 0 aliphatic rings. The predicted octanol–water partition coefficient (Wildman–Crippen LogP) is 4.80. The molecule has 0 radical (unpaired) electrons. The fourth-order valence-corrected chi connectivity index (χ4v) is 3.60. The Bertz CT molecular complexity index is 1100. The minimum absolute atomic E-state index is 0.00114. The number of ether oxygens (including phenoxy) is 1. The average Bonchev–Trinajstić information content (AvgIpc) is 3.17. The molecule has 0 aliphatic carbocycles. The molecule has 4 rings (SSSR count). The van der Waals surface area contributed by atoms with Crippen LogP contribution in [0, 0.1) is 6.92 Å². The maximum atomic E-state index is 12.4. The zero-order valence-corrected chi connectivity index (χ0v) is 16.4. The molecule has 0 aliphatic heterocycles. The number of H-pyrrole nitrogens is 1. The molecule has 3 aromatic carbocycles. The zero-order valence-electron chi connectivity index (χ0n) is 16.4. The van der Waals surface area contributed by atoms with E-state index in [2.05, 4.69) is 34.6 Å². The van der Waals surface area contributed by atoms with Crippen molar-refractivity contribution < 1.29 is 9.53 Å². The number of benzene rings is 3. The van der Waals surface area contributed by atoms with Gasteiger partial charge in [-0.1, -0.05) is 60.7 Å². The largest absolute Gasteiger partial charge is 0.484 e. The number of rotatable bonds is 7. The van der Waals surface area contributed by atoms with Gasteiger partial charge in [-0.15, -0.1) is 0 Å². The molecule has 0 unspecified atom stereocenters. The van der Waals surface area contributed by atoms with Crippen molar-refractivity contribution in [3.8, 4) is 5.75 Å². The van der Waals surface area contributed by atoms with Gasteiger partial charge >= 0.3 is 0 Å². The van der Waals surface area contributed by atoms with Crippen molar-refractivity contribution in [2.75, 3.05) is 13.2 Å². The first-order chi connectivity index (χ1) is 14.2. The monoisotopic (exact) mass is 384 g/mol. The predicted molar refractivity (Wildman–Crippen MR) is 116 cm³/mol. The Balaban J connectivity index is 1.48. The molecule has 1 heterocycles. The summed E-state index contributed by atoms with van der Waals surface area (Å²) in [7, 11) is 0. The highest BCUT2D eigenvalue weighted by molar-refractivity contribution is 5.84. The van der Waals surface area contributed by atoms with E-state index in [9.17, 15) is 4.79 Å². The number of hydrogen-bond donors (Lipinski definition) is 2. The second-order valence-electron chi connectivity index (χ2n) is 7.16. The van der Waals surface area contributed by atoms with Gasteiger partial charge in [-0.05, 0) is 41.8 Å². The number of aromatic nitrogens is 1. The third-order valence-electron chi connectivity index (χ3n) is 5.06. The topological polar surface area (TPSA) is 54.1 Å². The summed E-state index contributed by atoms with van der Waals surface area (Å²) >= 11 is 0. The average molecular weight is 384 g/mol. The molecular weight excluding hydrogens is 360 g/mol. The Morgan fingerprint density at radius 3 is 2.62 bits per heavy atom. The number of carbonyl (C=O) groups is 1. The quantitative estimate of drug-likeness (QED) is 0.481. The van der Waals surface area contributed by atoms with Gasteiger partial charge in [-0.3, -0.25) is 4.79 Å². The number of carbonyl (C=O) groups excluding carboxylic acids is 1. The minimum Gasteiger partial charge on any atom is -0.484 e. The van der Waals surface area contributed by atoms with Crippen LogP contribution in [0.3, 0.4) is 0 Å². The summed E-state index contributed by atoms with van der Waals surface area (Å²) in [6.45, 7) is 2.50. The van der Waals surface area contributed by atoms with Gasteiger partial charge in [0.25, 0.3) is 5.91 Å². The van der Waals surface area contributed by atoms with Crippen LogP contribution in [0.4, 0.5) is 0 Å². The smallest absolute Gasteiger partial charge is 0.257 e. The van der Waals surface area contributed by atoms with E-state index in [-0.39, 0.29) is 18.4 Å². The maximum absolute atomic E-state index is 12.4. The van der Waals surface area contributed by atoms with Crippen LogP contribution < -0.4 is 10.1 Å². The van der Waals surface area contributed by atoms with Gasteiger partial charge in [-0.25, -0.2) is 0 Å². The highest BCUT2D eigenvalue weighted by Gasteiger charge is 2.19. The van der Waals surface area contributed by atoms with Crippen LogP contribution in [-0.2, 0) is 4.79 Å². The number of aromatic amines is 1. The van der Waals surface area contributed by atoms with Crippen molar-refractivity contribution >= 4 is 16.8 Å². The summed E-state index contributed by atoms with van der Waals surface area (Å²) in [5.74, 6) is 0.624. The van der Waals surface area contributed by atoms with Crippen molar-refractivity contribution in [3.63, 3.8) is 0 Å². The first-order valence-electron chi connectivity index (χ1n) is 9.78. The van der Waals surface area contributed by atoms with Crippen molar-refractivity contribution in [2.45, 2.75) is 12.8 Å². The molecule has 146 valence electrons. The van der Waals surface area contributed by atoms with Crippen LogP contribution in [0.25, 0.3) is 10.9 Å². The first-order valence-corrected chi connectivity index (χ1v) is 9.78. The van der Waals surface area contributed by atoms with Gasteiger partial charge in [0.15, 0.2) is 6.61 Å². The lowest BCUT2D eigenvalue weighted by Crippen LogP contribution is -2.32. The fourth-order valence-electron chi connectivity index (χ4n) is 3.60. The Morgan fingerprint density at radius 1 is 1.00 bits per heavy atom. The Hall–Kier alpha value is -3.53. The number of hydrogen-bond acceptors (Lipinski definition) is 2. The molecule has 0 bridgehead atoms. The second-order valence-corrected chi connectivity index (χ2v) is 7.16. The van der Waals surface area contributed by atoms with Gasteiger partial charge < -0.3 is 15.0 Å². The third-order valence-corrected chi connectivity index (χ3v) is 5.06. The Kier molecular flexibility index (Phi) is 5.61. The van der Waals surface area contributed by atoms with Gasteiger partial charge in [0.1, 0.15) is 5.75 Å². The maximum Gasteiger partial charge on any atom is 0.257 e. The van der Waals surface area contributed by atoms with E-state index in [1.165, 1.54) is 10.9 Å². The molecule has 1 amide bonds. The van der Waals surface area contributed by atoms with E-state index in [0.29, 0.717) is 12.3 Å². The summed E-state index contributed by atoms with van der Waals surface area (Å²) in [5, 5.41) is 4.21. The van der Waals surface area contributed by atoms with Crippen LogP contribution in [-0.4, -0.2) is 24.0 Å². The lowest BCUT2D eigenvalue weighted by atomic mass is 9.91. The normalized spacial score (nSPS) is 11.9. The first kappa shape index (κ1) is 18.8.